The number of nitrogens with zero attached hydrogens (tertiary/aromatic N) is 2. The predicted molar refractivity (Wildman–Crippen MR) is 107 cm³/mol. The molecule has 0 atom stereocenters. The molecular formula is C20H17FN4O2S. The van der Waals surface area contributed by atoms with Gasteiger partial charge in [0.05, 0.1) is 24.0 Å². The maximum Gasteiger partial charge on any atom is 0.230 e. The fourth-order valence-corrected chi connectivity index (χ4v) is 3.62. The van der Waals surface area contributed by atoms with Gasteiger partial charge >= 0.3 is 0 Å². The van der Waals surface area contributed by atoms with Gasteiger partial charge in [-0.25, -0.2) is 4.39 Å². The molecule has 0 spiro atoms. The molecule has 0 saturated heterocycles. The number of aromatic amines is 1. The molecule has 4 rings (SSSR count). The van der Waals surface area contributed by atoms with Crippen LogP contribution in [0, 0.1) is 5.82 Å². The average Bonchev–Trinajstić information content (AvgIpc) is 3.09. The first-order valence-electron chi connectivity index (χ1n) is 8.71. The van der Waals surface area contributed by atoms with E-state index in [0.29, 0.717) is 18.2 Å². The number of rotatable bonds is 7. The summed E-state index contributed by atoms with van der Waals surface area (Å²) in [5.41, 5.74) is 1.55. The molecule has 0 unspecified atom stereocenters. The molecule has 0 aliphatic rings. The third-order valence-electron chi connectivity index (χ3n) is 4.13. The van der Waals surface area contributed by atoms with Crippen molar-refractivity contribution in [2.45, 2.75) is 5.03 Å². The zero-order chi connectivity index (χ0) is 19.3. The summed E-state index contributed by atoms with van der Waals surface area (Å²) < 4.78 is 19.1. The van der Waals surface area contributed by atoms with Crippen molar-refractivity contribution >= 4 is 39.5 Å². The Morgan fingerprint density at radius 3 is 2.89 bits per heavy atom. The second kappa shape index (κ2) is 8.26. The van der Waals surface area contributed by atoms with Gasteiger partial charge in [0.2, 0.25) is 5.91 Å². The molecule has 6 nitrogen and oxygen atoms in total. The number of aromatic nitrogens is 3. The summed E-state index contributed by atoms with van der Waals surface area (Å²) in [5, 5.41) is 13.0. The van der Waals surface area contributed by atoms with Crippen molar-refractivity contribution in [1.82, 2.24) is 20.5 Å². The third-order valence-corrected chi connectivity index (χ3v) is 5.09. The summed E-state index contributed by atoms with van der Waals surface area (Å²) in [5.74, 6) is 0.533. The van der Waals surface area contributed by atoms with E-state index in [-0.39, 0.29) is 17.5 Å². The number of benzene rings is 2. The standard InChI is InChI=1S/C20H17FN4O2S/c21-13-6-7-17-15(10-13)16-11-23-25-20(19(16)24-17)28-12-18(26)22-8-9-27-14-4-2-1-3-5-14/h1-7,10-11,24H,8-9,12H2,(H,22,26). The summed E-state index contributed by atoms with van der Waals surface area (Å²) >= 11 is 1.28. The van der Waals surface area contributed by atoms with Crippen molar-refractivity contribution in [3.8, 4) is 5.75 Å². The number of fused-ring (bicyclic) bond motifs is 3. The molecule has 2 aromatic heterocycles. The minimum absolute atomic E-state index is 0.123. The second-order valence-electron chi connectivity index (χ2n) is 6.05. The number of ether oxygens (including phenoxy) is 1. The minimum atomic E-state index is -0.309. The monoisotopic (exact) mass is 396 g/mol. The number of hydrogen-bond acceptors (Lipinski definition) is 5. The smallest absolute Gasteiger partial charge is 0.230 e. The van der Waals surface area contributed by atoms with Gasteiger partial charge in [-0.3, -0.25) is 4.79 Å². The molecule has 0 radical (unpaired) electrons. The van der Waals surface area contributed by atoms with Crippen molar-refractivity contribution in [2.24, 2.45) is 0 Å². The molecule has 4 aromatic rings. The highest BCUT2D eigenvalue weighted by molar-refractivity contribution is 8.00. The highest BCUT2D eigenvalue weighted by Gasteiger charge is 2.12. The van der Waals surface area contributed by atoms with E-state index in [4.69, 9.17) is 4.74 Å². The molecule has 142 valence electrons. The Hall–Kier alpha value is -3.13. The van der Waals surface area contributed by atoms with Crippen molar-refractivity contribution in [2.75, 3.05) is 18.9 Å². The quantitative estimate of drug-likeness (QED) is 0.369. The van der Waals surface area contributed by atoms with Gasteiger partial charge < -0.3 is 15.0 Å². The van der Waals surface area contributed by atoms with Gasteiger partial charge in [0.1, 0.15) is 23.2 Å². The lowest BCUT2D eigenvalue weighted by atomic mass is 10.2. The molecule has 0 saturated carbocycles. The lowest BCUT2D eigenvalue weighted by Gasteiger charge is -2.07. The summed E-state index contributed by atoms with van der Waals surface area (Å²) in [6, 6.07) is 14.0. The third kappa shape index (κ3) is 4.07. The van der Waals surface area contributed by atoms with Crippen molar-refractivity contribution in [3.05, 3.63) is 60.5 Å². The molecule has 0 bridgehead atoms. The van der Waals surface area contributed by atoms with Gasteiger partial charge in [0, 0.05) is 16.3 Å². The van der Waals surface area contributed by atoms with Crippen LogP contribution in [0.25, 0.3) is 21.8 Å². The predicted octanol–water partition coefficient (Wildman–Crippen LogP) is 3.54. The molecule has 2 heterocycles. The first kappa shape index (κ1) is 18.2. The number of carbonyl (C=O) groups is 1. The Kier molecular flexibility index (Phi) is 5.38. The van der Waals surface area contributed by atoms with Gasteiger partial charge in [0.15, 0.2) is 0 Å². The fraction of sp³-hybridized carbons (Fsp3) is 0.150. The van der Waals surface area contributed by atoms with Crippen LogP contribution in [0.1, 0.15) is 0 Å². The van der Waals surface area contributed by atoms with Crippen LogP contribution < -0.4 is 10.1 Å². The number of amides is 1. The number of para-hydroxylation sites is 1. The van der Waals surface area contributed by atoms with Gasteiger partial charge in [-0.15, -0.1) is 5.10 Å². The van der Waals surface area contributed by atoms with E-state index in [2.05, 4.69) is 20.5 Å². The van der Waals surface area contributed by atoms with E-state index in [0.717, 1.165) is 27.6 Å². The average molecular weight is 396 g/mol. The van der Waals surface area contributed by atoms with Gasteiger partial charge in [-0.1, -0.05) is 30.0 Å². The summed E-state index contributed by atoms with van der Waals surface area (Å²) in [4.78, 5) is 15.3. The van der Waals surface area contributed by atoms with Crippen molar-refractivity contribution < 1.29 is 13.9 Å². The second-order valence-corrected chi connectivity index (χ2v) is 7.02. The molecule has 1 amide bonds. The molecule has 0 fully saturated rings. The molecule has 2 N–H and O–H groups in total. The van der Waals surface area contributed by atoms with E-state index in [1.807, 2.05) is 30.3 Å². The van der Waals surface area contributed by atoms with Crippen LogP contribution in [0.3, 0.4) is 0 Å². The van der Waals surface area contributed by atoms with Crippen molar-refractivity contribution in [1.29, 1.82) is 0 Å². The van der Waals surface area contributed by atoms with Gasteiger partial charge in [-0.05, 0) is 30.3 Å². The SMILES string of the molecule is O=C(CSc1nncc2c1[nH]c1ccc(F)cc12)NCCOc1ccccc1. The van der Waals surface area contributed by atoms with Crippen LogP contribution in [0.5, 0.6) is 5.75 Å². The van der Waals surface area contributed by atoms with Crippen LogP contribution in [0.15, 0.2) is 59.8 Å². The topological polar surface area (TPSA) is 79.9 Å². The number of halogens is 1. The molecular weight excluding hydrogens is 379 g/mol. The minimum Gasteiger partial charge on any atom is -0.492 e. The molecule has 2 aromatic carbocycles. The number of nitrogens with one attached hydrogen (secondary N) is 2. The van der Waals surface area contributed by atoms with E-state index in [1.54, 1.807) is 12.3 Å². The molecule has 28 heavy (non-hydrogen) atoms. The van der Waals surface area contributed by atoms with Crippen LogP contribution in [-0.4, -0.2) is 40.0 Å². The summed E-state index contributed by atoms with van der Waals surface area (Å²) in [6.07, 6.45) is 1.60. The van der Waals surface area contributed by atoms with Crippen LogP contribution in [0.2, 0.25) is 0 Å². The Bertz CT molecular complexity index is 1120. The van der Waals surface area contributed by atoms with Crippen LogP contribution in [0.4, 0.5) is 4.39 Å². The zero-order valence-electron chi connectivity index (χ0n) is 14.8. The highest BCUT2D eigenvalue weighted by Crippen LogP contribution is 2.30. The lowest BCUT2D eigenvalue weighted by molar-refractivity contribution is -0.118. The van der Waals surface area contributed by atoms with Crippen molar-refractivity contribution in [3.63, 3.8) is 0 Å². The maximum atomic E-state index is 13.5. The van der Waals surface area contributed by atoms with Crippen LogP contribution in [-0.2, 0) is 4.79 Å². The van der Waals surface area contributed by atoms with Gasteiger partial charge in [0.25, 0.3) is 0 Å². The maximum absolute atomic E-state index is 13.5. The largest absolute Gasteiger partial charge is 0.492 e. The summed E-state index contributed by atoms with van der Waals surface area (Å²) in [6.45, 7) is 0.805. The molecule has 0 aliphatic heterocycles. The zero-order valence-corrected chi connectivity index (χ0v) is 15.6. The fourth-order valence-electron chi connectivity index (χ4n) is 2.84. The van der Waals surface area contributed by atoms with E-state index in [9.17, 15) is 9.18 Å². The Labute approximate surface area is 164 Å². The highest BCUT2D eigenvalue weighted by atomic mass is 32.2. The first-order chi connectivity index (χ1) is 13.7. The van der Waals surface area contributed by atoms with Gasteiger partial charge in [-0.2, -0.15) is 5.10 Å². The van der Waals surface area contributed by atoms with E-state index < -0.39 is 0 Å². The van der Waals surface area contributed by atoms with Crippen LogP contribution >= 0.6 is 11.8 Å². The normalized spacial score (nSPS) is 11.0. The number of thioether (sulfide) groups is 1. The molecule has 0 aliphatic carbocycles. The Morgan fingerprint density at radius 1 is 1.18 bits per heavy atom. The number of hydrogen-bond donors (Lipinski definition) is 2. The number of H-pyrrole nitrogens is 1. The molecule has 8 heteroatoms. The Morgan fingerprint density at radius 2 is 2.04 bits per heavy atom. The van der Waals surface area contributed by atoms with E-state index in [1.165, 1.54) is 23.9 Å². The Balaban J connectivity index is 1.35. The lowest BCUT2D eigenvalue weighted by Crippen LogP contribution is -2.29. The number of carbonyl (C=O) groups excluding carboxylic acids is 1. The first-order valence-corrected chi connectivity index (χ1v) is 9.69. The van der Waals surface area contributed by atoms with E-state index >= 15 is 0 Å². The summed E-state index contributed by atoms with van der Waals surface area (Å²) in [7, 11) is 0.